The van der Waals surface area contributed by atoms with E-state index in [2.05, 4.69) is 17.4 Å². The van der Waals surface area contributed by atoms with Gasteiger partial charge in [0.15, 0.2) is 0 Å². The quantitative estimate of drug-likeness (QED) is 0.446. The second-order valence-electron chi connectivity index (χ2n) is 8.59. The molecule has 0 bridgehead atoms. The standard InChI is InChI=1S/C25H24N4O2S/c1-15-23-18(17-10-4-6-12-20(17)31-16-8-2-3-9-16)14-22(30)27-24(23)29(28-15)25-26-19-11-5-7-13-21(19)32-25/h4-7,10-13,16,18H,2-3,8-9,14H2,1H3,(H,27,30)/t18-/m1/s1. The van der Waals surface area contributed by atoms with Crippen molar-refractivity contribution in [3.05, 3.63) is 65.4 Å². The summed E-state index contributed by atoms with van der Waals surface area (Å²) in [5, 5.41) is 8.64. The van der Waals surface area contributed by atoms with Crippen LogP contribution in [0.5, 0.6) is 5.75 Å². The average Bonchev–Trinajstić information content (AvgIpc) is 3.52. The largest absolute Gasteiger partial charge is 0.490 e. The van der Waals surface area contributed by atoms with Gasteiger partial charge in [-0.05, 0) is 50.8 Å². The van der Waals surface area contributed by atoms with Gasteiger partial charge in [0.05, 0.1) is 22.0 Å². The fraction of sp³-hybridized carbons (Fsp3) is 0.320. The predicted molar refractivity (Wildman–Crippen MR) is 126 cm³/mol. The molecule has 1 N–H and O–H groups in total. The Balaban J connectivity index is 1.45. The third-order valence-corrected chi connectivity index (χ3v) is 7.47. The number of anilines is 1. The summed E-state index contributed by atoms with van der Waals surface area (Å²) < 4.78 is 9.30. The molecule has 6 rings (SSSR count). The van der Waals surface area contributed by atoms with Crippen molar-refractivity contribution in [1.82, 2.24) is 14.8 Å². The third-order valence-electron chi connectivity index (χ3n) is 6.46. The predicted octanol–water partition coefficient (Wildman–Crippen LogP) is 5.59. The number of para-hydroxylation sites is 2. The van der Waals surface area contributed by atoms with Crippen LogP contribution in [0.15, 0.2) is 48.5 Å². The van der Waals surface area contributed by atoms with Crippen LogP contribution in [0.2, 0.25) is 0 Å². The molecule has 1 atom stereocenters. The lowest BCUT2D eigenvalue weighted by molar-refractivity contribution is -0.116. The van der Waals surface area contributed by atoms with Crippen molar-refractivity contribution in [3.63, 3.8) is 0 Å². The Morgan fingerprint density at radius 1 is 1.09 bits per heavy atom. The van der Waals surface area contributed by atoms with Crippen LogP contribution in [-0.4, -0.2) is 26.8 Å². The Kier molecular flexibility index (Phi) is 4.72. The Morgan fingerprint density at radius 2 is 1.88 bits per heavy atom. The number of thiazole rings is 1. The maximum absolute atomic E-state index is 12.8. The van der Waals surface area contributed by atoms with E-state index in [-0.39, 0.29) is 17.9 Å². The van der Waals surface area contributed by atoms with E-state index in [4.69, 9.17) is 14.8 Å². The molecule has 32 heavy (non-hydrogen) atoms. The molecule has 0 saturated heterocycles. The van der Waals surface area contributed by atoms with Gasteiger partial charge in [-0.1, -0.05) is 41.7 Å². The Labute approximate surface area is 190 Å². The SMILES string of the molecule is Cc1nn(-c2nc3ccccc3s2)c2c1[C@@H](c1ccccc1OC1CCCC1)CC(=O)N2. The number of carbonyl (C=O) groups excluding carboxylic acids is 1. The zero-order valence-electron chi connectivity index (χ0n) is 17.9. The zero-order chi connectivity index (χ0) is 21.7. The lowest BCUT2D eigenvalue weighted by Gasteiger charge is -2.26. The van der Waals surface area contributed by atoms with Crippen LogP contribution < -0.4 is 10.1 Å². The fourth-order valence-corrected chi connectivity index (χ4v) is 5.89. The number of fused-ring (bicyclic) bond motifs is 2. The molecule has 1 aliphatic carbocycles. The molecule has 7 heteroatoms. The number of benzene rings is 2. The lowest BCUT2D eigenvalue weighted by atomic mass is 9.85. The molecule has 1 aliphatic heterocycles. The van der Waals surface area contributed by atoms with Crippen molar-refractivity contribution >= 4 is 33.3 Å². The maximum atomic E-state index is 12.8. The summed E-state index contributed by atoms with van der Waals surface area (Å²) >= 11 is 1.57. The molecule has 3 heterocycles. The van der Waals surface area contributed by atoms with E-state index in [1.165, 1.54) is 12.8 Å². The van der Waals surface area contributed by atoms with Gasteiger partial charge in [-0.3, -0.25) is 4.79 Å². The molecule has 2 aliphatic rings. The first-order valence-corrected chi connectivity index (χ1v) is 12.0. The molecular formula is C25H24N4O2S. The van der Waals surface area contributed by atoms with Gasteiger partial charge in [0.2, 0.25) is 11.0 Å². The van der Waals surface area contributed by atoms with Gasteiger partial charge in [0.25, 0.3) is 0 Å². The van der Waals surface area contributed by atoms with Gasteiger partial charge >= 0.3 is 0 Å². The number of nitrogens with one attached hydrogen (secondary N) is 1. The lowest BCUT2D eigenvalue weighted by Crippen LogP contribution is -2.25. The number of aromatic nitrogens is 3. The molecule has 2 aromatic heterocycles. The summed E-state index contributed by atoms with van der Waals surface area (Å²) in [7, 11) is 0. The minimum Gasteiger partial charge on any atom is -0.490 e. The second-order valence-corrected chi connectivity index (χ2v) is 9.60. The summed E-state index contributed by atoms with van der Waals surface area (Å²) in [6, 6.07) is 16.2. The number of nitrogens with zero attached hydrogens (tertiary/aromatic N) is 3. The van der Waals surface area contributed by atoms with Gasteiger partial charge in [-0.2, -0.15) is 9.78 Å². The van der Waals surface area contributed by atoms with Crippen LogP contribution in [0, 0.1) is 6.92 Å². The van der Waals surface area contributed by atoms with E-state index >= 15 is 0 Å². The first-order chi connectivity index (χ1) is 15.7. The normalized spacial score (nSPS) is 18.7. The van der Waals surface area contributed by atoms with Gasteiger partial charge in [0, 0.05) is 23.5 Å². The van der Waals surface area contributed by atoms with Gasteiger partial charge in [-0.25, -0.2) is 4.98 Å². The zero-order valence-corrected chi connectivity index (χ0v) is 18.7. The highest BCUT2D eigenvalue weighted by molar-refractivity contribution is 7.20. The number of aryl methyl sites for hydroxylation is 1. The molecule has 2 aromatic carbocycles. The highest BCUT2D eigenvalue weighted by Crippen LogP contribution is 2.44. The van der Waals surface area contributed by atoms with Gasteiger partial charge in [0.1, 0.15) is 11.6 Å². The van der Waals surface area contributed by atoms with E-state index in [9.17, 15) is 4.79 Å². The highest BCUT2D eigenvalue weighted by atomic mass is 32.1. The number of hydrogen-bond donors (Lipinski definition) is 1. The summed E-state index contributed by atoms with van der Waals surface area (Å²) in [5.41, 5.74) is 3.94. The number of rotatable bonds is 4. The summed E-state index contributed by atoms with van der Waals surface area (Å²) in [4.78, 5) is 17.6. The van der Waals surface area contributed by atoms with Crippen molar-refractivity contribution in [3.8, 4) is 10.9 Å². The molecule has 162 valence electrons. The minimum absolute atomic E-state index is 0.0135. The van der Waals surface area contributed by atoms with Crippen molar-refractivity contribution in [2.75, 3.05) is 5.32 Å². The summed E-state index contributed by atoms with van der Waals surface area (Å²) in [6.45, 7) is 2.01. The topological polar surface area (TPSA) is 69.0 Å². The summed E-state index contributed by atoms with van der Waals surface area (Å²) in [5.74, 6) is 1.50. The molecule has 4 aromatic rings. The summed E-state index contributed by atoms with van der Waals surface area (Å²) in [6.07, 6.45) is 5.27. The maximum Gasteiger partial charge on any atom is 0.226 e. The monoisotopic (exact) mass is 444 g/mol. The van der Waals surface area contributed by atoms with Crippen LogP contribution in [0.3, 0.4) is 0 Å². The van der Waals surface area contributed by atoms with Crippen LogP contribution in [0.1, 0.15) is 54.8 Å². The molecule has 0 radical (unpaired) electrons. The van der Waals surface area contributed by atoms with E-state index in [1.807, 2.05) is 43.3 Å². The minimum atomic E-state index is -0.0977. The number of hydrogen-bond acceptors (Lipinski definition) is 5. The molecule has 0 spiro atoms. The number of amides is 1. The first kappa shape index (κ1) is 19.5. The number of ether oxygens (including phenoxy) is 1. The van der Waals surface area contributed by atoms with Crippen molar-refractivity contribution in [2.45, 2.75) is 51.0 Å². The van der Waals surface area contributed by atoms with Gasteiger partial charge < -0.3 is 10.1 Å². The Bertz CT molecular complexity index is 1290. The van der Waals surface area contributed by atoms with Crippen LogP contribution in [0.4, 0.5) is 5.82 Å². The molecule has 1 saturated carbocycles. The highest BCUT2D eigenvalue weighted by Gasteiger charge is 2.35. The van der Waals surface area contributed by atoms with E-state index < -0.39 is 0 Å². The van der Waals surface area contributed by atoms with Crippen molar-refractivity contribution < 1.29 is 9.53 Å². The van der Waals surface area contributed by atoms with E-state index in [1.54, 1.807) is 16.0 Å². The fourth-order valence-electron chi connectivity index (χ4n) is 4.96. The number of carbonyl (C=O) groups is 1. The van der Waals surface area contributed by atoms with Crippen molar-refractivity contribution in [1.29, 1.82) is 0 Å². The molecule has 1 fully saturated rings. The average molecular weight is 445 g/mol. The van der Waals surface area contributed by atoms with Gasteiger partial charge in [-0.15, -0.1) is 0 Å². The second kappa shape index (κ2) is 7.74. The molecule has 1 amide bonds. The Morgan fingerprint density at radius 3 is 2.72 bits per heavy atom. The van der Waals surface area contributed by atoms with Crippen LogP contribution >= 0.6 is 11.3 Å². The third kappa shape index (κ3) is 3.28. The molecular weight excluding hydrogens is 420 g/mol. The van der Waals surface area contributed by atoms with Crippen molar-refractivity contribution in [2.24, 2.45) is 0 Å². The van der Waals surface area contributed by atoms with E-state index in [0.717, 1.165) is 56.6 Å². The van der Waals surface area contributed by atoms with Crippen LogP contribution in [0.25, 0.3) is 15.3 Å². The van der Waals surface area contributed by atoms with E-state index in [0.29, 0.717) is 6.42 Å². The molecule has 6 nitrogen and oxygen atoms in total. The first-order valence-electron chi connectivity index (χ1n) is 11.2. The smallest absolute Gasteiger partial charge is 0.226 e. The van der Waals surface area contributed by atoms with Crippen LogP contribution in [-0.2, 0) is 4.79 Å². The Hall–Kier alpha value is -3.19. The molecule has 0 unspecified atom stereocenters.